The normalized spacial score (nSPS) is 26.4. The summed E-state index contributed by atoms with van der Waals surface area (Å²) in [7, 11) is 0. The Bertz CT molecular complexity index is 946. The third-order valence-electron chi connectivity index (χ3n) is 8.00. The average Bonchev–Trinajstić information content (AvgIpc) is 2.83. The molecule has 0 spiro atoms. The molecular formula is C29H33F5. The lowest BCUT2D eigenvalue weighted by molar-refractivity contribution is -0.0821. The van der Waals surface area contributed by atoms with Gasteiger partial charge in [0.25, 0.3) is 0 Å². The van der Waals surface area contributed by atoms with Crippen LogP contribution in [-0.2, 0) is 6.42 Å². The molecule has 0 saturated heterocycles. The summed E-state index contributed by atoms with van der Waals surface area (Å²) in [5.41, 5.74) is 2.68. The molecule has 2 saturated carbocycles. The van der Waals surface area contributed by atoms with E-state index in [0.717, 1.165) is 68.1 Å². The van der Waals surface area contributed by atoms with Gasteiger partial charge in [0.15, 0.2) is 0 Å². The zero-order valence-corrected chi connectivity index (χ0v) is 19.5. The van der Waals surface area contributed by atoms with Crippen LogP contribution in [0.15, 0.2) is 60.4 Å². The number of benzene rings is 2. The van der Waals surface area contributed by atoms with E-state index in [-0.39, 0.29) is 11.9 Å². The number of rotatable bonds is 6. The Labute approximate surface area is 199 Å². The van der Waals surface area contributed by atoms with E-state index in [1.165, 1.54) is 0 Å². The number of hydrogen-bond donors (Lipinski definition) is 0. The smallest absolute Gasteiger partial charge is 0.212 e. The molecule has 2 aromatic rings. The van der Waals surface area contributed by atoms with E-state index in [2.05, 4.69) is 0 Å². The van der Waals surface area contributed by atoms with Crippen LogP contribution in [0.2, 0.25) is 0 Å². The van der Waals surface area contributed by atoms with Crippen LogP contribution in [0.4, 0.5) is 22.0 Å². The summed E-state index contributed by atoms with van der Waals surface area (Å²) in [4.78, 5) is 0. The predicted octanol–water partition coefficient (Wildman–Crippen LogP) is 9.45. The van der Waals surface area contributed by atoms with Crippen molar-refractivity contribution in [1.82, 2.24) is 0 Å². The van der Waals surface area contributed by atoms with Gasteiger partial charge in [0.2, 0.25) is 0 Å². The maximum Gasteiger partial charge on any atom is 0.412 e. The Balaban J connectivity index is 1.21. The van der Waals surface area contributed by atoms with Gasteiger partial charge >= 0.3 is 6.18 Å². The standard InChI is InChI=1S/C29H33F5/c30-27-18-26(21-4-2-1-3-5-21)17-16-24(27)11-8-20-6-9-22(10-7-20)23-12-14-25(15-13-23)28(31)19-29(32,33)34/h1-5,16-20,22-23,25H,6-15H2/b28-19-. The van der Waals surface area contributed by atoms with E-state index in [1.54, 1.807) is 6.07 Å². The van der Waals surface area contributed by atoms with Gasteiger partial charge in [0.1, 0.15) is 11.6 Å². The van der Waals surface area contributed by atoms with Crippen molar-refractivity contribution in [3.63, 3.8) is 0 Å². The van der Waals surface area contributed by atoms with E-state index < -0.39 is 17.9 Å². The highest BCUT2D eigenvalue weighted by Gasteiger charge is 2.34. The van der Waals surface area contributed by atoms with Gasteiger partial charge in [0, 0.05) is 5.92 Å². The summed E-state index contributed by atoms with van der Waals surface area (Å²) in [6.45, 7) is 0. The van der Waals surface area contributed by atoms with Crippen LogP contribution >= 0.6 is 0 Å². The topological polar surface area (TPSA) is 0 Å². The van der Waals surface area contributed by atoms with Crippen molar-refractivity contribution >= 4 is 0 Å². The van der Waals surface area contributed by atoms with Crippen LogP contribution in [0.5, 0.6) is 0 Å². The maximum atomic E-state index is 14.7. The molecule has 0 bridgehead atoms. The summed E-state index contributed by atoms with van der Waals surface area (Å²) in [6, 6.07) is 15.3. The number of halogens is 5. The van der Waals surface area contributed by atoms with Crippen LogP contribution in [-0.4, -0.2) is 6.18 Å². The number of hydrogen-bond acceptors (Lipinski definition) is 0. The molecular weight excluding hydrogens is 443 g/mol. The molecule has 0 amide bonds. The highest BCUT2D eigenvalue weighted by Crippen LogP contribution is 2.44. The first-order valence-electron chi connectivity index (χ1n) is 12.6. The molecule has 2 aliphatic carbocycles. The molecule has 0 nitrogen and oxygen atoms in total. The number of aryl methyl sites for hydroxylation is 1. The lowest BCUT2D eigenvalue weighted by Crippen LogP contribution is -2.26. The fourth-order valence-electron chi connectivity index (χ4n) is 6.01. The van der Waals surface area contributed by atoms with Crippen molar-refractivity contribution in [1.29, 1.82) is 0 Å². The van der Waals surface area contributed by atoms with Gasteiger partial charge in [-0.05, 0) is 91.9 Å². The second-order valence-electron chi connectivity index (χ2n) is 10.2. The van der Waals surface area contributed by atoms with Gasteiger partial charge in [-0.25, -0.2) is 8.78 Å². The first-order valence-corrected chi connectivity index (χ1v) is 12.6. The summed E-state index contributed by atoms with van der Waals surface area (Å²) < 4.78 is 65.8. The first-order chi connectivity index (χ1) is 16.3. The minimum atomic E-state index is -4.58. The van der Waals surface area contributed by atoms with E-state index in [9.17, 15) is 22.0 Å². The molecule has 34 heavy (non-hydrogen) atoms. The lowest BCUT2D eigenvalue weighted by Gasteiger charge is -2.37. The van der Waals surface area contributed by atoms with Crippen LogP contribution < -0.4 is 0 Å². The summed E-state index contributed by atoms with van der Waals surface area (Å²) in [5, 5.41) is 0. The Morgan fingerprint density at radius 3 is 2.00 bits per heavy atom. The summed E-state index contributed by atoms with van der Waals surface area (Å²) in [5.74, 6) is -0.0322. The van der Waals surface area contributed by atoms with Crippen molar-refractivity contribution in [2.45, 2.75) is 70.4 Å². The minimum Gasteiger partial charge on any atom is -0.212 e. The maximum absolute atomic E-state index is 14.7. The second-order valence-corrected chi connectivity index (χ2v) is 10.2. The Morgan fingerprint density at radius 2 is 1.41 bits per heavy atom. The summed E-state index contributed by atoms with van der Waals surface area (Å²) >= 11 is 0. The Hall–Kier alpha value is -2.17. The van der Waals surface area contributed by atoms with Crippen LogP contribution in [0.25, 0.3) is 11.1 Å². The Kier molecular flexibility index (Phi) is 8.10. The molecule has 4 rings (SSSR count). The molecule has 0 unspecified atom stereocenters. The molecule has 0 heterocycles. The molecule has 2 aliphatic rings. The predicted molar refractivity (Wildman–Crippen MR) is 126 cm³/mol. The van der Waals surface area contributed by atoms with Crippen LogP contribution in [0.1, 0.15) is 63.4 Å². The quantitative estimate of drug-likeness (QED) is 0.364. The second kappa shape index (κ2) is 11.0. The SMILES string of the molecule is F/C(=C\C(F)(F)F)C1CCC(C2CCC(CCc3ccc(-c4ccccc4)cc3F)CC2)CC1. The fourth-order valence-corrected chi connectivity index (χ4v) is 6.01. The number of allylic oxidation sites excluding steroid dienone is 2. The molecule has 0 aliphatic heterocycles. The average molecular weight is 477 g/mol. The highest BCUT2D eigenvalue weighted by molar-refractivity contribution is 5.63. The van der Waals surface area contributed by atoms with Gasteiger partial charge in [-0.15, -0.1) is 0 Å². The first kappa shape index (κ1) is 24.9. The van der Waals surface area contributed by atoms with Gasteiger partial charge in [-0.2, -0.15) is 13.2 Å². The molecule has 2 fully saturated rings. The van der Waals surface area contributed by atoms with Gasteiger partial charge in [-0.1, -0.05) is 55.3 Å². The highest BCUT2D eigenvalue weighted by atomic mass is 19.4. The monoisotopic (exact) mass is 476 g/mol. The van der Waals surface area contributed by atoms with Crippen molar-refractivity contribution in [3.05, 3.63) is 71.8 Å². The van der Waals surface area contributed by atoms with Crippen LogP contribution in [0.3, 0.4) is 0 Å². The largest absolute Gasteiger partial charge is 0.412 e. The van der Waals surface area contributed by atoms with Gasteiger partial charge in [-0.3, -0.25) is 0 Å². The van der Waals surface area contributed by atoms with Crippen molar-refractivity contribution in [2.75, 3.05) is 0 Å². The summed E-state index contributed by atoms with van der Waals surface area (Å²) in [6.07, 6.45) is 4.13. The Morgan fingerprint density at radius 1 is 0.794 bits per heavy atom. The molecule has 0 aromatic heterocycles. The third kappa shape index (κ3) is 6.70. The molecule has 0 radical (unpaired) electrons. The van der Waals surface area contributed by atoms with Crippen molar-refractivity contribution in [2.24, 2.45) is 23.7 Å². The van der Waals surface area contributed by atoms with E-state index in [0.29, 0.717) is 30.6 Å². The van der Waals surface area contributed by atoms with E-state index in [1.807, 2.05) is 42.5 Å². The third-order valence-corrected chi connectivity index (χ3v) is 8.00. The van der Waals surface area contributed by atoms with Gasteiger partial charge in [0.05, 0.1) is 6.08 Å². The van der Waals surface area contributed by atoms with Crippen LogP contribution in [0, 0.1) is 29.5 Å². The molecule has 184 valence electrons. The zero-order chi connectivity index (χ0) is 24.1. The number of alkyl halides is 3. The van der Waals surface area contributed by atoms with Crippen molar-refractivity contribution in [3.8, 4) is 11.1 Å². The minimum absolute atomic E-state index is 0.140. The molecule has 0 N–H and O–H groups in total. The lowest BCUT2D eigenvalue weighted by atomic mass is 9.68. The zero-order valence-electron chi connectivity index (χ0n) is 19.5. The fraction of sp³-hybridized carbons (Fsp3) is 0.517. The van der Waals surface area contributed by atoms with Gasteiger partial charge < -0.3 is 0 Å². The molecule has 0 atom stereocenters. The van der Waals surface area contributed by atoms with E-state index >= 15 is 0 Å². The molecule has 5 heteroatoms. The van der Waals surface area contributed by atoms with Crippen molar-refractivity contribution < 1.29 is 22.0 Å². The molecule has 2 aromatic carbocycles. The van der Waals surface area contributed by atoms with E-state index in [4.69, 9.17) is 0 Å².